The van der Waals surface area contributed by atoms with Gasteiger partial charge in [-0.3, -0.25) is 24.2 Å². The summed E-state index contributed by atoms with van der Waals surface area (Å²) in [5, 5.41) is 12.7. The number of allylic oxidation sites excluding steroid dienone is 2. The highest BCUT2D eigenvalue weighted by molar-refractivity contribution is 6.00. The van der Waals surface area contributed by atoms with Crippen molar-refractivity contribution in [3.05, 3.63) is 41.2 Å². The first-order valence-electron chi connectivity index (χ1n) is 19.3. The lowest BCUT2D eigenvalue weighted by Crippen LogP contribution is -2.63. The standard InChI is InChI=1S/C42H60N2O6/c1-25(2)34-29(45)23-42(20-22-44-36(47)28-11-9-10-21-43-28)19-14-27-26(35(34)42)12-13-31-40(27,7)17-15-30-39(5,6)32(16-18-41(30,31)8)50-33(46)24-38(3,4)37(48)49/h9-11,21,25-27,30-32H,12-20,22-24H2,1-8H3,(H,44,47)(H,48,49). The molecule has 8 nitrogen and oxygen atoms in total. The number of carbonyl (C=O) groups excluding carboxylic acids is 3. The van der Waals surface area contributed by atoms with E-state index in [1.165, 1.54) is 5.57 Å². The van der Waals surface area contributed by atoms with Gasteiger partial charge >= 0.3 is 11.9 Å². The van der Waals surface area contributed by atoms with E-state index in [0.717, 1.165) is 63.4 Å². The number of fused-ring (bicyclic) bond motifs is 7. The SMILES string of the molecule is CC(C)C1=C2C3CCC4C(C)(CCC5C(C)(C)C(OC(=O)CC(C)(C)C(=O)O)CCC54C)C3CCC2(CCNC(=O)c2ccccn2)CC1=O. The van der Waals surface area contributed by atoms with E-state index in [2.05, 4.69) is 51.8 Å². The van der Waals surface area contributed by atoms with Crippen molar-refractivity contribution >= 4 is 23.6 Å². The minimum absolute atomic E-state index is 0.107. The molecule has 0 aromatic carbocycles. The molecule has 1 amide bonds. The largest absolute Gasteiger partial charge is 0.481 e. The number of aromatic nitrogens is 1. The van der Waals surface area contributed by atoms with Crippen molar-refractivity contribution < 1.29 is 29.0 Å². The van der Waals surface area contributed by atoms with E-state index in [-0.39, 0.29) is 46.0 Å². The Hall–Kier alpha value is -3.03. The number of nitrogens with one attached hydrogen (secondary N) is 1. The Labute approximate surface area is 299 Å². The van der Waals surface area contributed by atoms with Gasteiger partial charge in [0.05, 0.1) is 11.8 Å². The van der Waals surface area contributed by atoms with E-state index >= 15 is 0 Å². The smallest absolute Gasteiger partial charge is 0.309 e. The first-order chi connectivity index (χ1) is 23.4. The molecule has 0 aliphatic heterocycles. The zero-order chi connectivity index (χ0) is 36.4. The normalized spacial score (nSPS) is 36.2. The Morgan fingerprint density at radius 1 is 0.980 bits per heavy atom. The van der Waals surface area contributed by atoms with Crippen LogP contribution in [0.1, 0.15) is 137 Å². The minimum atomic E-state index is -1.16. The molecule has 4 saturated carbocycles. The number of carboxylic acid groups (broad SMARTS) is 1. The molecule has 1 aromatic heterocycles. The quantitative estimate of drug-likeness (QED) is 0.251. The van der Waals surface area contributed by atoms with Crippen LogP contribution in [0, 0.1) is 56.7 Å². The number of carboxylic acids is 1. The average molecular weight is 689 g/mol. The Bertz CT molecular complexity index is 1560. The number of hydrogen-bond donors (Lipinski definition) is 2. The highest BCUT2D eigenvalue weighted by atomic mass is 16.5. The highest BCUT2D eigenvalue weighted by Crippen LogP contribution is 2.73. The van der Waals surface area contributed by atoms with Crippen LogP contribution in [0.15, 0.2) is 35.5 Å². The second-order valence-electron chi connectivity index (χ2n) is 18.8. The number of amides is 1. The van der Waals surface area contributed by atoms with Crippen LogP contribution in [0.2, 0.25) is 0 Å². The van der Waals surface area contributed by atoms with Crippen LogP contribution in [-0.2, 0) is 19.1 Å². The van der Waals surface area contributed by atoms with Crippen molar-refractivity contribution in [3.63, 3.8) is 0 Å². The number of aliphatic carboxylic acids is 1. The van der Waals surface area contributed by atoms with E-state index in [4.69, 9.17) is 4.74 Å². The summed E-state index contributed by atoms with van der Waals surface area (Å²) in [7, 11) is 0. The van der Waals surface area contributed by atoms with Gasteiger partial charge in [-0.25, -0.2) is 0 Å². The van der Waals surface area contributed by atoms with Gasteiger partial charge in [-0.15, -0.1) is 0 Å². The van der Waals surface area contributed by atoms with Gasteiger partial charge in [0.25, 0.3) is 5.91 Å². The zero-order valence-corrected chi connectivity index (χ0v) is 31.7. The first-order valence-corrected chi connectivity index (χ1v) is 19.3. The van der Waals surface area contributed by atoms with Gasteiger partial charge in [0.15, 0.2) is 5.78 Å². The number of rotatable bonds is 9. The summed E-state index contributed by atoms with van der Waals surface area (Å²) < 4.78 is 6.14. The van der Waals surface area contributed by atoms with Crippen LogP contribution in [-0.4, -0.2) is 46.4 Å². The summed E-state index contributed by atoms with van der Waals surface area (Å²) in [6, 6.07) is 5.37. The highest BCUT2D eigenvalue weighted by Gasteiger charge is 2.66. The predicted octanol–water partition coefficient (Wildman–Crippen LogP) is 8.20. The van der Waals surface area contributed by atoms with Gasteiger partial charge in [0.2, 0.25) is 0 Å². The molecule has 0 radical (unpaired) electrons. The van der Waals surface area contributed by atoms with Crippen molar-refractivity contribution in [1.82, 2.24) is 10.3 Å². The summed E-state index contributed by atoms with van der Waals surface area (Å²) in [4.78, 5) is 55.7. The number of hydrogen-bond acceptors (Lipinski definition) is 6. The second kappa shape index (κ2) is 12.9. The van der Waals surface area contributed by atoms with Gasteiger partial charge in [0, 0.05) is 30.0 Å². The second-order valence-corrected chi connectivity index (χ2v) is 18.8. The topological polar surface area (TPSA) is 123 Å². The van der Waals surface area contributed by atoms with Crippen molar-refractivity contribution in [2.75, 3.05) is 6.54 Å². The molecule has 8 heteroatoms. The Morgan fingerprint density at radius 3 is 2.36 bits per heavy atom. The third kappa shape index (κ3) is 5.94. The fourth-order valence-electron chi connectivity index (χ4n) is 12.6. The number of ketones is 1. The van der Waals surface area contributed by atoms with Crippen molar-refractivity contribution in [1.29, 1.82) is 0 Å². The van der Waals surface area contributed by atoms with Gasteiger partial charge in [0.1, 0.15) is 11.8 Å². The lowest BCUT2D eigenvalue weighted by atomic mass is 9.36. The number of nitrogens with zero attached hydrogens (tertiary/aromatic N) is 1. The number of Topliss-reactive ketones (excluding diaryl/α,β-unsaturated/α-hetero) is 1. The van der Waals surface area contributed by atoms with Gasteiger partial charge in [-0.2, -0.15) is 0 Å². The van der Waals surface area contributed by atoms with Crippen LogP contribution in [0.5, 0.6) is 0 Å². The molecule has 6 rings (SSSR count). The van der Waals surface area contributed by atoms with E-state index < -0.39 is 17.4 Å². The maximum Gasteiger partial charge on any atom is 0.309 e. The van der Waals surface area contributed by atoms with Gasteiger partial charge in [-0.1, -0.05) is 53.2 Å². The molecule has 5 aliphatic carbocycles. The van der Waals surface area contributed by atoms with Crippen LogP contribution in [0.4, 0.5) is 0 Å². The first kappa shape index (κ1) is 36.8. The molecule has 1 aromatic rings. The fraction of sp³-hybridized carbons (Fsp3) is 0.738. The van der Waals surface area contributed by atoms with E-state index in [9.17, 15) is 24.3 Å². The summed E-state index contributed by atoms with van der Waals surface area (Å²) >= 11 is 0. The summed E-state index contributed by atoms with van der Waals surface area (Å²) in [6.07, 6.45) is 11.0. The molecular formula is C42H60N2O6. The number of esters is 1. The summed E-state index contributed by atoms with van der Waals surface area (Å²) in [5.41, 5.74) is 1.63. The van der Waals surface area contributed by atoms with Gasteiger partial charge < -0.3 is 15.2 Å². The Kier molecular flexibility index (Phi) is 9.46. The molecule has 50 heavy (non-hydrogen) atoms. The molecule has 274 valence electrons. The molecule has 0 spiro atoms. The van der Waals surface area contributed by atoms with Crippen LogP contribution in [0.25, 0.3) is 0 Å². The lowest BCUT2D eigenvalue weighted by molar-refractivity contribution is -0.213. The van der Waals surface area contributed by atoms with Crippen LogP contribution < -0.4 is 5.32 Å². The molecule has 2 N–H and O–H groups in total. The number of carbonyl (C=O) groups is 4. The monoisotopic (exact) mass is 688 g/mol. The van der Waals surface area contributed by atoms with E-state index in [1.54, 1.807) is 32.2 Å². The number of ether oxygens (including phenoxy) is 1. The Morgan fingerprint density at radius 2 is 1.70 bits per heavy atom. The number of pyridine rings is 1. The van der Waals surface area contributed by atoms with Crippen molar-refractivity contribution in [2.45, 2.75) is 132 Å². The third-order valence-corrected chi connectivity index (χ3v) is 14.9. The van der Waals surface area contributed by atoms with E-state index in [1.807, 2.05) is 6.07 Å². The molecule has 0 bridgehead atoms. The summed E-state index contributed by atoms with van der Waals surface area (Å²) in [5.74, 6) is 0.778. The Balaban J connectivity index is 1.22. The maximum absolute atomic E-state index is 13.9. The lowest BCUT2D eigenvalue weighted by Gasteiger charge is -2.69. The molecule has 0 saturated heterocycles. The maximum atomic E-state index is 13.9. The zero-order valence-electron chi connectivity index (χ0n) is 31.7. The third-order valence-electron chi connectivity index (χ3n) is 14.9. The molecule has 4 fully saturated rings. The van der Waals surface area contributed by atoms with Gasteiger partial charge in [-0.05, 0) is 130 Å². The van der Waals surface area contributed by atoms with Crippen molar-refractivity contribution in [3.8, 4) is 0 Å². The molecule has 1 heterocycles. The minimum Gasteiger partial charge on any atom is -0.481 e. The van der Waals surface area contributed by atoms with E-state index in [0.29, 0.717) is 48.1 Å². The van der Waals surface area contributed by atoms with Crippen LogP contribution in [0.3, 0.4) is 0 Å². The predicted molar refractivity (Wildman–Crippen MR) is 192 cm³/mol. The van der Waals surface area contributed by atoms with Crippen molar-refractivity contribution in [2.24, 2.45) is 56.7 Å². The molecular weight excluding hydrogens is 628 g/mol. The van der Waals surface area contributed by atoms with Crippen LogP contribution >= 0.6 is 0 Å². The molecule has 8 atom stereocenters. The fourth-order valence-corrected chi connectivity index (χ4v) is 12.6. The average Bonchev–Trinajstić information content (AvgIpc) is 3.34. The molecule has 8 unspecified atom stereocenters. The molecule has 5 aliphatic rings. The summed E-state index contributed by atoms with van der Waals surface area (Å²) in [6.45, 7) is 17.7.